The van der Waals surface area contributed by atoms with Gasteiger partial charge in [0.05, 0.1) is 10.6 Å². The van der Waals surface area contributed by atoms with E-state index in [1.807, 2.05) is 0 Å². The van der Waals surface area contributed by atoms with Gasteiger partial charge < -0.3 is 10.4 Å². The third-order valence-corrected chi connectivity index (χ3v) is 3.41. The zero-order valence-electron chi connectivity index (χ0n) is 11.1. The van der Waals surface area contributed by atoms with Crippen LogP contribution in [0.25, 0.3) is 0 Å². The van der Waals surface area contributed by atoms with E-state index in [4.69, 9.17) is 11.6 Å². The van der Waals surface area contributed by atoms with Crippen LogP contribution in [0.5, 0.6) is 5.75 Å². The molecular weight excluding hydrogens is 303 g/mol. The molecule has 0 atom stereocenters. The third kappa shape index (κ3) is 3.61. The van der Waals surface area contributed by atoms with Gasteiger partial charge in [-0.1, -0.05) is 29.8 Å². The summed E-state index contributed by atoms with van der Waals surface area (Å²) in [5.74, 6) is 0.134. The summed E-state index contributed by atoms with van der Waals surface area (Å²) in [6, 6.07) is 8.84. The van der Waals surface area contributed by atoms with Gasteiger partial charge in [-0.3, -0.25) is 0 Å². The minimum absolute atomic E-state index is 0.134. The second kappa shape index (κ2) is 5.85. The molecule has 0 bridgehead atoms. The van der Waals surface area contributed by atoms with Crippen molar-refractivity contribution < 1.29 is 18.3 Å². The Bertz CT molecular complexity index is 656. The van der Waals surface area contributed by atoms with Crippen LogP contribution < -0.4 is 5.32 Å². The first-order valence-corrected chi connectivity index (χ1v) is 6.55. The molecule has 6 heteroatoms. The van der Waals surface area contributed by atoms with E-state index < -0.39 is 11.7 Å². The monoisotopic (exact) mass is 315 g/mol. The van der Waals surface area contributed by atoms with E-state index in [-0.39, 0.29) is 23.0 Å². The first-order valence-electron chi connectivity index (χ1n) is 6.17. The minimum Gasteiger partial charge on any atom is -0.507 e. The first kappa shape index (κ1) is 15.5. The van der Waals surface area contributed by atoms with Crippen LogP contribution in [0.3, 0.4) is 0 Å². The minimum atomic E-state index is -4.50. The number of aryl methyl sites for hydroxylation is 1. The number of hydrogen-bond donors (Lipinski definition) is 2. The molecule has 0 fully saturated rings. The Balaban J connectivity index is 2.19. The molecular formula is C15H13ClF3NO. The van der Waals surface area contributed by atoms with Crippen LogP contribution >= 0.6 is 11.6 Å². The number of benzene rings is 2. The average molecular weight is 316 g/mol. The van der Waals surface area contributed by atoms with Crippen LogP contribution in [-0.4, -0.2) is 5.11 Å². The Hall–Kier alpha value is -1.88. The quantitative estimate of drug-likeness (QED) is 0.836. The van der Waals surface area contributed by atoms with Crippen molar-refractivity contribution in [3.05, 3.63) is 58.1 Å². The van der Waals surface area contributed by atoms with Gasteiger partial charge in [-0.2, -0.15) is 13.2 Å². The van der Waals surface area contributed by atoms with Crippen LogP contribution in [0.4, 0.5) is 18.9 Å². The molecule has 0 amide bonds. The Morgan fingerprint density at radius 1 is 1.19 bits per heavy atom. The molecule has 112 valence electrons. The lowest BCUT2D eigenvalue weighted by molar-refractivity contribution is -0.137. The Morgan fingerprint density at radius 2 is 1.90 bits per heavy atom. The zero-order chi connectivity index (χ0) is 15.6. The van der Waals surface area contributed by atoms with Crippen LogP contribution in [0.15, 0.2) is 36.4 Å². The second-order valence-corrected chi connectivity index (χ2v) is 5.04. The smallest absolute Gasteiger partial charge is 0.417 e. The Kier molecular flexibility index (Phi) is 4.32. The highest BCUT2D eigenvalue weighted by Crippen LogP contribution is 2.36. The standard InChI is InChI=1S/C15H13ClF3NO/c1-9-3-2-4-10(14(9)21)8-20-11-5-6-13(16)12(7-11)15(17,18)19/h2-7,20-21H,8H2,1H3. The van der Waals surface area contributed by atoms with E-state index >= 15 is 0 Å². The van der Waals surface area contributed by atoms with Crippen molar-refractivity contribution in [3.8, 4) is 5.75 Å². The molecule has 2 nitrogen and oxygen atoms in total. The Labute approximate surface area is 125 Å². The molecule has 0 aromatic heterocycles. The van der Waals surface area contributed by atoms with Gasteiger partial charge >= 0.3 is 6.18 Å². The fraction of sp³-hybridized carbons (Fsp3) is 0.200. The van der Waals surface area contributed by atoms with Crippen LogP contribution in [0, 0.1) is 6.92 Å². The number of phenolic OH excluding ortho intramolecular Hbond substituents is 1. The number of aromatic hydroxyl groups is 1. The fourth-order valence-corrected chi connectivity index (χ4v) is 2.14. The SMILES string of the molecule is Cc1cccc(CNc2ccc(Cl)c(C(F)(F)F)c2)c1O. The summed E-state index contributed by atoms with van der Waals surface area (Å²) >= 11 is 5.56. The molecule has 2 N–H and O–H groups in total. The average Bonchev–Trinajstić information content (AvgIpc) is 2.40. The van der Waals surface area contributed by atoms with Crippen LogP contribution in [-0.2, 0) is 12.7 Å². The highest BCUT2D eigenvalue weighted by atomic mass is 35.5. The highest BCUT2D eigenvalue weighted by Gasteiger charge is 2.33. The van der Waals surface area contributed by atoms with E-state index in [2.05, 4.69) is 5.32 Å². The molecule has 0 spiro atoms. The molecule has 0 saturated heterocycles. The number of para-hydroxylation sites is 1. The van der Waals surface area contributed by atoms with E-state index in [1.165, 1.54) is 12.1 Å². The Morgan fingerprint density at radius 3 is 2.57 bits per heavy atom. The lowest BCUT2D eigenvalue weighted by Crippen LogP contribution is -2.07. The van der Waals surface area contributed by atoms with Gasteiger partial charge in [0.2, 0.25) is 0 Å². The van der Waals surface area contributed by atoms with Crippen molar-refractivity contribution in [1.82, 2.24) is 0 Å². The van der Waals surface area contributed by atoms with Crippen LogP contribution in [0.2, 0.25) is 5.02 Å². The molecule has 0 saturated carbocycles. The molecule has 2 aromatic rings. The topological polar surface area (TPSA) is 32.3 Å². The number of phenols is 1. The van der Waals surface area contributed by atoms with E-state index in [1.54, 1.807) is 25.1 Å². The lowest BCUT2D eigenvalue weighted by Gasteiger charge is -2.13. The molecule has 0 aliphatic carbocycles. The second-order valence-electron chi connectivity index (χ2n) is 4.63. The molecule has 0 aliphatic rings. The van der Waals surface area contributed by atoms with E-state index in [9.17, 15) is 18.3 Å². The number of anilines is 1. The van der Waals surface area contributed by atoms with Crippen molar-refractivity contribution in [2.24, 2.45) is 0 Å². The van der Waals surface area contributed by atoms with E-state index in [0.717, 1.165) is 6.07 Å². The van der Waals surface area contributed by atoms with Crippen molar-refractivity contribution >= 4 is 17.3 Å². The first-order chi connectivity index (χ1) is 9.79. The molecule has 0 radical (unpaired) electrons. The van der Waals surface area contributed by atoms with Gasteiger partial charge in [0.1, 0.15) is 5.75 Å². The number of nitrogens with one attached hydrogen (secondary N) is 1. The van der Waals surface area contributed by atoms with Crippen molar-refractivity contribution in [3.63, 3.8) is 0 Å². The molecule has 0 heterocycles. The summed E-state index contributed by atoms with van der Waals surface area (Å²) in [5, 5.41) is 12.4. The molecule has 21 heavy (non-hydrogen) atoms. The van der Waals surface area contributed by atoms with Gasteiger partial charge in [-0.15, -0.1) is 0 Å². The number of alkyl halides is 3. The zero-order valence-corrected chi connectivity index (χ0v) is 11.9. The maximum atomic E-state index is 12.8. The van der Waals surface area contributed by atoms with Gasteiger partial charge in [0, 0.05) is 17.8 Å². The maximum absolute atomic E-state index is 12.8. The van der Waals surface area contributed by atoms with Gasteiger partial charge in [0.15, 0.2) is 0 Å². The number of halogens is 4. The van der Waals surface area contributed by atoms with Gasteiger partial charge in [-0.25, -0.2) is 0 Å². The third-order valence-electron chi connectivity index (χ3n) is 3.08. The van der Waals surface area contributed by atoms with Crippen molar-refractivity contribution in [1.29, 1.82) is 0 Å². The van der Waals surface area contributed by atoms with Crippen molar-refractivity contribution in [2.75, 3.05) is 5.32 Å². The fourth-order valence-electron chi connectivity index (χ4n) is 1.91. The highest BCUT2D eigenvalue weighted by molar-refractivity contribution is 6.31. The molecule has 0 unspecified atom stereocenters. The summed E-state index contributed by atoms with van der Waals surface area (Å²) in [6.07, 6.45) is -4.50. The lowest BCUT2D eigenvalue weighted by atomic mass is 10.1. The van der Waals surface area contributed by atoms with Crippen LogP contribution in [0.1, 0.15) is 16.7 Å². The largest absolute Gasteiger partial charge is 0.507 e. The summed E-state index contributed by atoms with van der Waals surface area (Å²) in [5.41, 5.74) is 0.718. The van der Waals surface area contributed by atoms with Gasteiger partial charge in [-0.05, 0) is 30.7 Å². The summed E-state index contributed by atoms with van der Waals surface area (Å²) in [7, 11) is 0. The van der Waals surface area contributed by atoms with Crippen molar-refractivity contribution in [2.45, 2.75) is 19.6 Å². The molecule has 2 aromatic carbocycles. The maximum Gasteiger partial charge on any atom is 0.417 e. The molecule has 2 rings (SSSR count). The summed E-state index contributed by atoms with van der Waals surface area (Å²) in [6.45, 7) is 1.97. The number of rotatable bonds is 3. The summed E-state index contributed by atoms with van der Waals surface area (Å²) < 4.78 is 38.3. The summed E-state index contributed by atoms with van der Waals surface area (Å²) in [4.78, 5) is 0. The predicted molar refractivity (Wildman–Crippen MR) is 76.6 cm³/mol. The normalized spacial score (nSPS) is 11.5. The predicted octanol–water partition coefficient (Wildman–Crippen LogP) is 4.98. The van der Waals surface area contributed by atoms with Gasteiger partial charge in [0.25, 0.3) is 0 Å². The number of hydrogen-bond acceptors (Lipinski definition) is 2. The van der Waals surface area contributed by atoms with E-state index in [0.29, 0.717) is 11.1 Å². The molecule has 0 aliphatic heterocycles.